The lowest BCUT2D eigenvalue weighted by atomic mass is 9.66. The van der Waals surface area contributed by atoms with Gasteiger partial charge in [-0.05, 0) is 61.6 Å². The fourth-order valence-electron chi connectivity index (χ4n) is 3.51. The molecule has 1 fully saturated rings. The van der Waals surface area contributed by atoms with E-state index in [2.05, 4.69) is 44.2 Å². The second-order valence-corrected chi connectivity index (χ2v) is 7.61. The molecule has 0 saturated heterocycles. The van der Waals surface area contributed by atoms with Crippen LogP contribution in [0.4, 0.5) is 0 Å². The summed E-state index contributed by atoms with van der Waals surface area (Å²) in [5.74, 6) is 1.47. The van der Waals surface area contributed by atoms with Crippen LogP contribution in [0.25, 0.3) is 0 Å². The number of hydrogen-bond donors (Lipinski definition) is 1. The van der Waals surface area contributed by atoms with E-state index in [0.717, 1.165) is 17.4 Å². The summed E-state index contributed by atoms with van der Waals surface area (Å²) in [5.41, 5.74) is 1.64. The molecule has 0 radical (unpaired) electrons. The second kappa shape index (κ2) is 6.44. The normalized spacial score (nSPS) is 27.6. The van der Waals surface area contributed by atoms with E-state index in [1.54, 1.807) is 6.20 Å². The number of halogens is 1. The monoisotopic (exact) mass is 294 g/mol. The van der Waals surface area contributed by atoms with E-state index in [9.17, 15) is 0 Å². The standard InChI is InChI=1S/C17H27ClN2/c1-17(2,3)14-5-6-16(19-4)13(10-14)9-12-7-8-20-11-15(12)18/h7-8,11,13-14,16,19H,5-6,9-10H2,1-4H3. The van der Waals surface area contributed by atoms with Crippen molar-refractivity contribution in [3.05, 3.63) is 29.0 Å². The average molecular weight is 295 g/mol. The lowest BCUT2D eigenvalue weighted by molar-refractivity contribution is 0.117. The summed E-state index contributed by atoms with van der Waals surface area (Å²) in [6, 6.07) is 2.67. The Morgan fingerprint density at radius 1 is 1.35 bits per heavy atom. The van der Waals surface area contributed by atoms with Gasteiger partial charge in [-0.2, -0.15) is 0 Å². The van der Waals surface area contributed by atoms with Gasteiger partial charge in [0.2, 0.25) is 0 Å². The predicted molar refractivity (Wildman–Crippen MR) is 86.1 cm³/mol. The third-order valence-electron chi connectivity index (χ3n) is 4.92. The minimum atomic E-state index is 0.402. The molecule has 20 heavy (non-hydrogen) atoms. The van der Waals surface area contributed by atoms with E-state index < -0.39 is 0 Å². The Morgan fingerprint density at radius 2 is 2.10 bits per heavy atom. The molecule has 1 heterocycles. The zero-order chi connectivity index (χ0) is 14.8. The van der Waals surface area contributed by atoms with Gasteiger partial charge < -0.3 is 5.32 Å². The number of aromatic nitrogens is 1. The average Bonchev–Trinajstić information content (AvgIpc) is 2.40. The van der Waals surface area contributed by atoms with Crippen molar-refractivity contribution in [1.82, 2.24) is 10.3 Å². The second-order valence-electron chi connectivity index (χ2n) is 7.20. The van der Waals surface area contributed by atoms with Crippen molar-refractivity contribution in [2.24, 2.45) is 17.3 Å². The van der Waals surface area contributed by atoms with Gasteiger partial charge in [0.05, 0.1) is 5.02 Å². The van der Waals surface area contributed by atoms with Gasteiger partial charge in [-0.25, -0.2) is 0 Å². The molecule has 0 spiro atoms. The minimum Gasteiger partial charge on any atom is -0.317 e. The molecule has 1 aromatic rings. The molecule has 0 amide bonds. The first-order chi connectivity index (χ1) is 9.41. The SMILES string of the molecule is CNC1CCC(C(C)(C)C)CC1Cc1ccncc1Cl. The molecule has 0 aromatic carbocycles. The maximum Gasteiger partial charge on any atom is 0.0621 e. The zero-order valence-electron chi connectivity index (χ0n) is 13.1. The van der Waals surface area contributed by atoms with Gasteiger partial charge in [0.15, 0.2) is 0 Å². The highest BCUT2D eigenvalue weighted by atomic mass is 35.5. The quantitative estimate of drug-likeness (QED) is 0.897. The molecule has 0 aliphatic heterocycles. The first kappa shape index (κ1) is 15.8. The fourth-order valence-corrected chi connectivity index (χ4v) is 3.70. The summed E-state index contributed by atoms with van der Waals surface area (Å²) >= 11 is 6.28. The van der Waals surface area contributed by atoms with Gasteiger partial charge in [0.25, 0.3) is 0 Å². The Labute approximate surface area is 128 Å². The van der Waals surface area contributed by atoms with E-state index in [1.807, 2.05) is 6.20 Å². The van der Waals surface area contributed by atoms with Crippen LogP contribution in [0.3, 0.4) is 0 Å². The van der Waals surface area contributed by atoms with E-state index in [4.69, 9.17) is 11.6 Å². The van der Waals surface area contributed by atoms with Crippen molar-refractivity contribution in [3.63, 3.8) is 0 Å². The molecule has 3 atom stereocenters. The molecule has 0 bridgehead atoms. The van der Waals surface area contributed by atoms with E-state index in [1.165, 1.54) is 24.8 Å². The summed E-state index contributed by atoms with van der Waals surface area (Å²) in [4.78, 5) is 4.08. The molecule has 1 aliphatic rings. The van der Waals surface area contributed by atoms with Gasteiger partial charge in [0, 0.05) is 18.4 Å². The first-order valence-corrected chi connectivity index (χ1v) is 8.05. The summed E-state index contributed by atoms with van der Waals surface area (Å²) in [7, 11) is 2.09. The smallest absolute Gasteiger partial charge is 0.0621 e. The maximum atomic E-state index is 6.28. The Hall–Kier alpha value is -0.600. The van der Waals surface area contributed by atoms with Crippen molar-refractivity contribution in [1.29, 1.82) is 0 Å². The summed E-state index contributed by atoms with van der Waals surface area (Å²) in [5, 5.41) is 4.31. The molecule has 1 N–H and O–H groups in total. The number of nitrogens with one attached hydrogen (secondary N) is 1. The summed E-state index contributed by atoms with van der Waals surface area (Å²) in [6.07, 6.45) is 8.55. The molecule has 3 heteroatoms. The molecular formula is C17H27ClN2. The third kappa shape index (κ3) is 3.73. The Kier molecular flexibility index (Phi) is 5.09. The van der Waals surface area contributed by atoms with Crippen LogP contribution in [0.1, 0.15) is 45.6 Å². The number of hydrogen-bond acceptors (Lipinski definition) is 2. The topological polar surface area (TPSA) is 24.9 Å². The van der Waals surface area contributed by atoms with Crippen LogP contribution in [0.15, 0.2) is 18.5 Å². The summed E-state index contributed by atoms with van der Waals surface area (Å²) < 4.78 is 0. The van der Waals surface area contributed by atoms with Crippen molar-refractivity contribution in [3.8, 4) is 0 Å². The molecule has 112 valence electrons. The Balaban J connectivity index is 2.12. The highest BCUT2D eigenvalue weighted by Gasteiger charge is 2.35. The predicted octanol–water partition coefficient (Wildman–Crippen LogP) is 4.33. The van der Waals surface area contributed by atoms with Crippen LogP contribution in [0.5, 0.6) is 0 Å². The molecular weight excluding hydrogens is 268 g/mol. The first-order valence-electron chi connectivity index (χ1n) is 7.67. The lowest BCUT2D eigenvalue weighted by Crippen LogP contribution is -2.42. The highest BCUT2D eigenvalue weighted by molar-refractivity contribution is 6.31. The largest absolute Gasteiger partial charge is 0.317 e. The van der Waals surface area contributed by atoms with Crippen LogP contribution >= 0.6 is 11.6 Å². The van der Waals surface area contributed by atoms with Crippen molar-refractivity contribution in [2.75, 3.05) is 7.05 Å². The van der Waals surface area contributed by atoms with Crippen LogP contribution in [-0.2, 0) is 6.42 Å². The summed E-state index contributed by atoms with van der Waals surface area (Å²) in [6.45, 7) is 7.11. The van der Waals surface area contributed by atoms with Gasteiger partial charge >= 0.3 is 0 Å². The van der Waals surface area contributed by atoms with Crippen molar-refractivity contribution in [2.45, 2.75) is 52.5 Å². The third-order valence-corrected chi connectivity index (χ3v) is 5.26. The van der Waals surface area contributed by atoms with Crippen LogP contribution in [0.2, 0.25) is 5.02 Å². The maximum absolute atomic E-state index is 6.28. The number of nitrogens with zero attached hydrogens (tertiary/aromatic N) is 1. The minimum absolute atomic E-state index is 0.402. The molecule has 3 unspecified atom stereocenters. The molecule has 2 nitrogen and oxygen atoms in total. The van der Waals surface area contributed by atoms with Gasteiger partial charge in [-0.1, -0.05) is 32.4 Å². The number of rotatable bonds is 3. The Morgan fingerprint density at radius 3 is 2.70 bits per heavy atom. The zero-order valence-corrected chi connectivity index (χ0v) is 13.9. The van der Waals surface area contributed by atoms with Gasteiger partial charge in [-0.15, -0.1) is 0 Å². The van der Waals surface area contributed by atoms with Crippen LogP contribution < -0.4 is 5.32 Å². The molecule has 2 rings (SSSR count). The fraction of sp³-hybridized carbons (Fsp3) is 0.706. The van der Waals surface area contributed by atoms with E-state index in [0.29, 0.717) is 17.4 Å². The van der Waals surface area contributed by atoms with Crippen molar-refractivity contribution >= 4 is 11.6 Å². The molecule has 1 saturated carbocycles. The highest BCUT2D eigenvalue weighted by Crippen LogP contribution is 2.41. The van der Waals surface area contributed by atoms with E-state index >= 15 is 0 Å². The number of pyridine rings is 1. The van der Waals surface area contributed by atoms with Crippen LogP contribution in [-0.4, -0.2) is 18.1 Å². The van der Waals surface area contributed by atoms with Crippen molar-refractivity contribution < 1.29 is 0 Å². The van der Waals surface area contributed by atoms with E-state index in [-0.39, 0.29) is 0 Å². The van der Waals surface area contributed by atoms with Gasteiger partial charge in [-0.3, -0.25) is 4.98 Å². The van der Waals surface area contributed by atoms with Gasteiger partial charge in [0.1, 0.15) is 0 Å². The lowest BCUT2D eigenvalue weighted by Gasteiger charge is -2.42. The molecule has 1 aromatic heterocycles. The molecule has 1 aliphatic carbocycles. The van der Waals surface area contributed by atoms with Crippen LogP contribution in [0, 0.1) is 17.3 Å². The Bertz CT molecular complexity index is 439.